The van der Waals surface area contributed by atoms with E-state index in [4.69, 9.17) is 9.47 Å². The second kappa shape index (κ2) is 6.88. The van der Waals surface area contributed by atoms with Gasteiger partial charge in [0.2, 0.25) is 10.0 Å². The molecule has 26 heavy (non-hydrogen) atoms. The van der Waals surface area contributed by atoms with E-state index in [0.29, 0.717) is 24.7 Å². The Kier molecular flexibility index (Phi) is 4.58. The molecular formula is C18H17NO5S2. The summed E-state index contributed by atoms with van der Waals surface area (Å²) in [5, 5.41) is 13.2. The van der Waals surface area contributed by atoms with Crippen molar-refractivity contribution in [3.63, 3.8) is 0 Å². The van der Waals surface area contributed by atoms with Crippen molar-refractivity contribution in [3.8, 4) is 11.5 Å². The normalized spacial score (nSPS) is 15.1. The molecule has 1 atom stereocenters. The molecule has 6 nitrogen and oxygen atoms in total. The molecule has 0 bridgehead atoms. The van der Waals surface area contributed by atoms with Crippen LogP contribution in [0.5, 0.6) is 11.5 Å². The van der Waals surface area contributed by atoms with E-state index >= 15 is 0 Å². The van der Waals surface area contributed by atoms with Gasteiger partial charge in [0.1, 0.15) is 13.2 Å². The Labute approximate surface area is 155 Å². The van der Waals surface area contributed by atoms with Gasteiger partial charge in [-0.15, -0.1) is 11.3 Å². The summed E-state index contributed by atoms with van der Waals surface area (Å²) in [5.74, 6) is 0.934. The molecule has 0 fully saturated rings. The van der Waals surface area contributed by atoms with Gasteiger partial charge in [-0.3, -0.25) is 0 Å². The van der Waals surface area contributed by atoms with E-state index in [1.807, 2.05) is 29.6 Å². The van der Waals surface area contributed by atoms with Gasteiger partial charge in [0.15, 0.2) is 11.5 Å². The molecule has 136 valence electrons. The lowest BCUT2D eigenvalue weighted by molar-refractivity contribution is 0.171. The highest BCUT2D eigenvalue weighted by atomic mass is 32.2. The zero-order valence-corrected chi connectivity index (χ0v) is 15.3. The summed E-state index contributed by atoms with van der Waals surface area (Å²) in [6.07, 6.45) is -0.932. The molecule has 0 aliphatic carbocycles. The van der Waals surface area contributed by atoms with Gasteiger partial charge in [0, 0.05) is 22.9 Å². The molecule has 0 saturated heterocycles. The summed E-state index contributed by atoms with van der Waals surface area (Å²) in [4.78, 5) is 0.0733. The number of aliphatic hydroxyl groups excluding tert-OH is 1. The molecule has 1 unspecified atom stereocenters. The number of benzene rings is 2. The van der Waals surface area contributed by atoms with Crippen LogP contribution in [-0.2, 0) is 10.0 Å². The molecule has 1 aromatic heterocycles. The minimum atomic E-state index is -3.78. The van der Waals surface area contributed by atoms with Crippen LogP contribution in [0.1, 0.15) is 11.7 Å². The third-order valence-electron chi connectivity index (χ3n) is 4.16. The smallest absolute Gasteiger partial charge is 0.240 e. The zero-order chi connectivity index (χ0) is 18.1. The fourth-order valence-electron chi connectivity index (χ4n) is 2.83. The molecule has 3 aromatic rings. The molecule has 2 aromatic carbocycles. The number of aliphatic hydroxyl groups is 1. The molecule has 1 aliphatic rings. The van der Waals surface area contributed by atoms with Gasteiger partial charge < -0.3 is 14.6 Å². The van der Waals surface area contributed by atoms with Gasteiger partial charge in [-0.2, -0.15) is 0 Å². The van der Waals surface area contributed by atoms with Gasteiger partial charge in [0.05, 0.1) is 11.0 Å². The summed E-state index contributed by atoms with van der Waals surface area (Å²) in [7, 11) is -3.78. The molecule has 4 rings (SSSR count). The molecule has 2 heterocycles. The summed E-state index contributed by atoms with van der Waals surface area (Å²) in [6.45, 7) is 0.712. The Bertz CT molecular complexity index is 1040. The zero-order valence-electron chi connectivity index (χ0n) is 13.7. The number of hydrogen-bond acceptors (Lipinski definition) is 6. The SMILES string of the molecule is O=S(=O)(NCC(O)c1csc2ccccc12)c1ccc2c(c1)OCCO2. The first-order valence-electron chi connectivity index (χ1n) is 8.08. The van der Waals surface area contributed by atoms with Crippen molar-refractivity contribution in [2.75, 3.05) is 19.8 Å². The second-order valence-corrected chi connectivity index (χ2v) is 8.54. The lowest BCUT2D eigenvalue weighted by Gasteiger charge is -2.19. The Morgan fingerprint density at radius 2 is 1.88 bits per heavy atom. The molecule has 0 radical (unpaired) electrons. The number of rotatable bonds is 5. The van der Waals surface area contributed by atoms with E-state index in [-0.39, 0.29) is 11.4 Å². The first kappa shape index (κ1) is 17.3. The minimum Gasteiger partial charge on any atom is -0.486 e. The van der Waals surface area contributed by atoms with E-state index < -0.39 is 16.1 Å². The van der Waals surface area contributed by atoms with E-state index in [2.05, 4.69) is 4.72 Å². The van der Waals surface area contributed by atoms with E-state index in [1.165, 1.54) is 23.5 Å². The van der Waals surface area contributed by atoms with Crippen LogP contribution in [-0.4, -0.2) is 33.3 Å². The minimum absolute atomic E-state index is 0.0733. The van der Waals surface area contributed by atoms with Crippen LogP contribution >= 0.6 is 11.3 Å². The summed E-state index contributed by atoms with van der Waals surface area (Å²) >= 11 is 1.52. The quantitative estimate of drug-likeness (QED) is 0.699. The van der Waals surface area contributed by atoms with Crippen LogP contribution in [0.15, 0.2) is 52.7 Å². The number of hydrogen-bond donors (Lipinski definition) is 2. The van der Waals surface area contributed by atoms with Crippen LogP contribution in [0.25, 0.3) is 10.1 Å². The molecule has 0 saturated carbocycles. The third-order valence-corrected chi connectivity index (χ3v) is 6.56. The summed E-state index contributed by atoms with van der Waals surface area (Å²) in [5.41, 5.74) is 0.718. The summed E-state index contributed by atoms with van der Waals surface area (Å²) in [6, 6.07) is 12.2. The van der Waals surface area contributed by atoms with Crippen molar-refractivity contribution in [3.05, 3.63) is 53.4 Å². The highest BCUT2D eigenvalue weighted by molar-refractivity contribution is 7.89. The van der Waals surface area contributed by atoms with Gasteiger partial charge in [-0.1, -0.05) is 18.2 Å². The van der Waals surface area contributed by atoms with Gasteiger partial charge in [-0.25, -0.2) is 13.1 Å². The molecule has 2 N–H and O–H groups in total. The Morgan fingerprint density at radius 1 is 1.12 bits per heavy atom. The molecule has 0 spiro atoms. The maximum absolute atomic E-state index is 12.5. The molecule has 8 heteroatoms. The van der Waals surface area contributed by atoms with E-state index in [0.717, 1.165) is 15.6 Å². The lowest BCUT2D eigenvalue weighted by Crippen LogP contribution is -2.28. The Balaban J connectivity index is 1.51. The standard InChI is InChI=1S/C18H17NO5S2/c20-15(14-11-25-18-4-2-1-3-13(14)18)10-19-26(21,22)12-5-6-16-17(9-12)24-8-7-23-16/h1-6,9,11,15,19-20H,7-8,10H2. The van der Waals surface area contributed by atoms with Gasteiger partial charge >= 0.3 is 0 Å². The predicted octanol–water partition coefficient (Wildman–Crippen LogP) is 2.68. The average molecular weight is 391 g/mol. The van der Waals surface area contributed by atoms with Gasteiger partial charge in [-0.05, 0) is 29.0 Å². The maximum Gasteiger partial charge on any atom is 0.240 e. The van der Waals surface area contributed by atoms with E-state index in [1.54, 1.807) is 6.07 Å². The van der Waals surface area contributed by atoms with Crippen molar-refractivity contribution in [2.24, 2.45) is 0 Å². The molecular weight excluding hydrogens is 374 g/mol. The number of ether oxygens (including phenoxy) is 2. The van der Waals surface area contributed by atoms with Crippen molar-refractivity contribution in [1.29, 1.82) is 0 Å². The Morgan fingerprint density at radius 3 is 2.73 bits per heavy atom. The number of nitrogens with one attached hydrogen (secondary N) is 1. The molecule has 0 amide bonds. The fourth-order valence-corrected chi connectivity index (χ4v) is 4.89. The predicted molar refractivity (Wildman–Crippen MR) is 99.4 cm³/mol. The van der Waals surface area contributed by atoms with Gasteiger partial charge in [0.25, 0.3) is 0 Å². The first-order chi connectivity index (χ1) is 12.5. The van der Waals surface area contributed by atoms with Crippen LogP contribution in [0, 0.1) is 0 Å². The monoisotopic (exact) mass is 391 g/mol. The first-order valence-corrected chi connectivity index (χ1v) is 10.4. The average Bonchev–Trinajstić information content (AvgIpc) is 3.10. The highest BCUT2D eigenvalue weighted by Gasteiger charge is 2.21. The number of sulfonamides is 1. The Hall–Kier alpha value is -2.13. The van der Waals surface area contributed by atoms with Crippen LogP contribution < -0.4 is 14.2 Å². The maximum atomic E-state index is 12.5. The number of fused-ring (bicyclic) bond motifs is 2. The van der Waals surface area contributed by atoms with Crippen molar-refractivity contribution in [2.45, 2.75) is 11.0 Å². The van der Waals surface area contributed by atoms with Crippen LogP contribution in [0.2, 0.25) is 0 Å². The lowest BCUT2D eigenvalue weighted by atomic mass is 10.1. The topological polar surface area (TPSA) is 84.9 Å². The van der Waals surface area contributed by atoms with Crippen molar-refractivity contribution in [1.82, 2.24) is 4.72 Å². The van der Waals surface area contributed by atoms with E-state index in [9.17, 15) is 13.5 Å². The van der Waals surface area contributed by atoms with Crippen molar-refractivity contribution >= 4 is 31.4 Å². The third kappa shape index (κ3) is 3.28. The van der Waals surface area contributed by atoms with Crippen molar-refractivity contribution < 1.29 is 23.0 Å². The fraction of sp³-hybridized carbons (Fsp3) is 0.222. The highest BCUT2D eigenvalue weighted by Crippen LogP contribution is 2.33. The van der Waals surface area contributed by atoms with Crippen LogP contribution in [0.3, 0.4) is 0 Å². The largest absolute Gasteiger partial charge is 0.486 e. The van der Waals surface area contributed by atoms with Crippen LogP contribution in [0.4, 0.5) is 0 Å². The number of thiophene rings is 1. The molecule has 1 aliphatic heterocycles. The summed E-state index contributed by atoms with van der Waals surface area (Å²) < 4.78 is 39.4. The second-order valence-electron chi connectivity index (χ2n) is 5.86.